The zero-order valence-electron chi connectivity index (χ0n) is 12.0. The summed E-state index contributed by atoms with van der Waals surface area (Å²) < 4.78 is 5.91. The monoisotopic (exact) mass is 284 g/mol. The highest BCUT2D eigenvalue weighted by Gasteiger charge is 2.42. The van der Waals surface area contributed by atoms with Gasteiger partial charge < -0.3 is 15.0 Å². The van der Waals surface area contributed by atoms with Gasteiger partial charge in [0.1, 0.15) is 0 Å². The summed E-state index contributed by atoms with van der Waals surface area (Å²) in [4.78, 5) is 15.6. The molecular formula is C17H20N2O2. The lowest BCUT2D eigenvalue weighted by Crippen LogP contribution is -2.52. The molecule has 1 aromatic carbocycles. The first-order valence-corrected chi connectivity index (χ1v) is 7.76. The quantitative estimate of drug-likeness (QED) is 0.890. The van der Waals surface area contributed by atoms with E-state index in [0.717, 1.165) is 48.8 Å². The molecule has 2 N–H and O–H groups in total. The van der Waals surface area contributed by atoms with Gasteiger partial charge >= 0.3 is 0 Å². The normalized spacial score (nSPS) is 23.9. The van der Waals surface area contributed by atoms with Crippen LogP contribution in [0, 0.1) is 0 Å². The summed E-state index contributed by atoms with van der Waals surface area (Å²) in [5.74, 6) is 0.0273. The summed E-state index contributed by atoms with van der Waals surface area (Å²) in [5, 5.41) is 4.26. The van der Waals surface area contributed by atoms with E-state index in [4.69, 9.17) is 4.74 Å². The summed E-state index contributed by atoms with van der Waals surface area (Å²) in [7, 11) is 0. The van der Waals surface area contributed by atoms with Gasteiger partial charge in [0.05, 0.1) is 5.60 Å². The van der Waals surface area contributed by atoms with E-state index in [2.05, 4.69) is 10.3 Å². The van der Waals surface area contributed by atoms with Crippen LogP contribution in [0.2, 0.25) is 0 Å². The lowest BCUT2D eigenvalue weighted by molar-refractivity contribution is -0.134. The second-order valence-corrected chi connectivity index (χ2v) is 6.33. The average molecular weight is 284 g/mol. The maximum atomic E-state index is 12.4. The Balaban J connectivity index is 1.47. The van der Waals surface area contributed by atoms with Crippen LogP contribution in [0.25, 0.3) is 10.9 Å². The zero-order valence-corrected chi connectivity index (χ0v) is 12.0. The van der Waals surface area contributed by atoms with Gasteiger partial charge in [-0.05, 0) is 56.4 Å². The second kappa shape index (κ2) is 4.88. The van der Waals surface area contributed by atoms with E-state index < -0.39 is 0 Å². The number of amides is 1. The third kappa shape index (κ3) is 2.33. The molecule has 1 saturated carbocycles. The van der Waals surface area contributed by atoms with Gasteiger partial charge in [0.2, 0.25) is 0 Å². The molecule has 4 rings (SSSR count). The number of hydrogen-bond acceptors (Lipinski definition) is 2. The van der Waals surface area contributed by atoms with Gasteiger partial charge in [0.15, 0.2) is 0 Å². The molecule has 2 fully saturated rings. The summed E-state index contributed by atoms with van der Waals surface area (Å²) in [6.45, 7) is 0.766. The number of aromatic amines is 1. The number of nitrogens with one attached hydrogen (secondary N) is 2. The highest BCUT2D eigenvalue weighted by molar-refractivity contribution is 5.98. The predicted octanol–water partition coefficient (Wildman–Crippen LogP) is 3.00. The molecule has 1 atom stereocenters. The Bertz CT molecular complexity index is 672. The number of ether oxygens (including phenoxy) is 1. The lowest BCUT2D eigenvalue weighted by atomic mass is 9.74. The van der Waals surface area contributed by atoms with Crippen molar-refractivity contribution in [1.29, 1.82) is 0 Å². The number of rotatable bonds is 2. The van der Waals surface area contributed by atoms with Crippen LogP contribution in [0.4, 0.5) is 0 Å². The van der Waals surface area contributed by atoms with Crippen molar-refractivity contribution in [3.63, 3.8) is 0 Å². The molecular weight excluding hydrogens is 264 g/mol. The van der Waals surface area contributed by atoms with E-state index in [1.165, 1.54) is 6.42 Å². The van der Waals surface area contributed by atoms with E-state index in [9.17, 15) is 4.79 Å². The van der Waals surface area contributed by atoms with Gasteiger partial charge in [0, 0.05) is 35.3 Å². The molecule has 2 aliphatic rings. The minimum absolute atomic E-state index is 0.0273. The van der Waals surface area contributed by atoms with Gasteiger partial charge in [-0.25, -0.2) is 0 Å². The Kier molecular flexibility index (Phi) is 3.00. The van der Waals surface area contributed by atoms with E-state index in [1.54, 1.807) is 0 Å². The third-order valence-corrected chi connectivity index (χ3v) is 4.91. The molecule has 1 saturated heterocycles. The van der Waals surface area contributed by atoms with Crippen molar-refractivity contribution in [3.8, 4) is 0 Å². The number of benzene rings is 1. The molecule has 1 aliphatic carbocycles. The van der Waals surface area contributed by atoms with Crippen molar-refractivity contribution in [2.75, 3.05) is 6.61 Å². The van der Waals surface area contributed by atoms with Crippen LogP contribution in [0.3, 0.4) is 0 Å². The SMILES string of the molecule is O=C(NC1CCOC2(CCC2)C1)c1ccc2[nH]ccc2c1. The van der Waals surface area contributed by atoms with Crippen molar-refractivity contribution >= 4 is 16.8 Å². The molecule has 1 aliphatic heterocycles. The molecule has 1 spiro atoms. The minimum atomic E-state index is 0.0273. The van der Waals surface area contributed by atoms with Gasteiger partial charge in [0.25, 0.3) is 5.91 Å². The first-order valence-electron chi connectivity index (χ1n) is 7.76. The highest BCUT2D eigenvalue weighted by atomic mass is 16.5. The van der Waals surface area contributed by atoms with E-state index in [1.807, 2.05) is 30.5 Å². The topological polar surface area (TPSA) is 54.1 Å². The predicted molar refractivity (Wildman–Crippen MR) is 81.3 cm³/mol. The fourth-order valence-electron chi connectivity index (χ4n) is 3.53. The molecule has 1 amide bonds. The van der Waals surface area contributed by atoms with E-state index >= 15 is 0 Å². The molecule has 0 bridgehead atoms. The Morgan fingerprint density at radius 2 is 2.24 bits per heavy atom. The number of carbonyl (C=O) groups is 1. The minimum Gasteiger partial charge on any atom is -0.375 e. The molecule has 0 radical (unpaired) electrons. The number of carbonyl (C=O) groups excluding carboxylic acids is 1. The summed E-state index contributed by atoms with van der Waals surface area (Å²) in [6, 6.07) is 8.02. The smallest absolute Gasteiger partial charge is 0.251 e. The molecule has 2 aromatic rings. The number of hydrogen-bond donors (Lipinski definition) is 2. The maximum Gasteiger partial charge on any atom is 0.251 e. The van der Waals surface area contributed by atoms with Crippen molar-refractivity contribution < 1.29 is 9.53 Å². The van der Waals surface area contributed by atoms with E-state index in [-0.39, 0.29) is 17.6 Å². The third-order valence-electron chi connectivity index (χ3n) is 4.91. The molecule has 4 nitrogen and oxygen atoms in total. The molecule has 2 heterocycles. The second-order valence-electron chi connectivity index (χ2n) is 6.33. The lowest BCUT2D eigenvalue weighted by Gasteiger charge is -2.47. The van der Waals surface area contributed by atoms with Crippen LogP contribution in [0.1, 0.15) is 42.5 Å². The average Bonchev–Trinajstić information content (AvgIpc) is 2.93. The Morgan fingerprint density at radius 1 is 1.33 bits per heavy atom. The Hall–Kier alpha value is -1.81. The molecule has 110 valence electrons. The van der Waals surface area contributed by atoms with Crippen molar-refractivity contribution in [2.24, 2.45) is 0 Å². The summed E-state index contributed by atoms with van der Waals surface area (Å²) in [5.41, 5.74) is 1.86. The van der Waals surface area contributed by atoms with Gasteiger partial charge in [-0.2, -0.15) is 0 Å². The summed E-state index contributed by atoms with van der Waals surface area (Å²) >= 11 is 0. The van der Waals surface area contributed by atoms with Crippen LogP contribution < -0.4 is 5.32 Å². The largest absolute Gasteiger partial charge is 0.375 e. The Morgan fingerprint density at radius 3 is 3.05 bits per heavy atom. The Labute approximate surface area is 123 Å². The van der Waals surface area contributed by atoms with E-state index in [0.29, 0.717) is 0 Å². The summed E-state index contributed by atoms with van der Waals surface area (Å²) in [6.07, 6.45) is 7.32. The number of aromatic nitrogens is 1. The number of H-pyrrole nitrogens is 1. The maximum absolute atomic E-state index is 12.4. The van der Waals surface area contributed by atoms with Crippen LogP contribution in [0.15, 0.2) is 30.5 Å². The van der Waals surface area contributed by atoms with Gasteiger partial charge in [-0.15, -0.1) is 0 Å². The number of fused-ring (bicyclic) bond motifs is 1. The fraction of sp³-hybridized carbons (Fsp3) is 0.471. The standard InChI is InChI=1S/C17H20N2O2/c20-16(13-2-3-15-12(10-13)4-8-18-15)19-14-5-9-21-17(11-14)6-1-7-17/h2-4,8,10,14,18H,1,5-7,9,11H2,(H,19,20). The zero-order chi connectivity index (χ0) is 14.3. The first-order chi connectivity index (χ1) is 10.2. The van der Waals surface area contributed by atoms with Gasteiger partial charge in [-0.1, -0.05) is 0 Å². The van der Waals surface area contributed by atoms with Crippen molar-refractivity contribution in [3.05, 3.63) is 36.0 Å². The molecule has 21 heavy (non-hydrogen) atoms. The van der Waals surface area contributed by atoms with Crippen LogP contribution in [-0.4, -0.2) is 29.1 Å². The molecule has 1 unspecified atom stereocenters. The highest BCUT2D eigenvalue weighted by Crippen LogP contribution is 2.42. The van der Waals surface area contributed by atoms with Crippen LogP contribution >= 0.6 is 0 Å². The van der Waals surface area contributed by atoms with Gasteiger partial charge in [-0.3, -0.25) is 4.79 Å². The van der Waals surface area contributed by atoms with Crippen molar-refractivity contribution in [1.82, 2.24) is 10.3 Å². The first kappa shape index (κ1) is 12.9. The van der Waals surface area contributed by atoms with Crippen LogP contribution in [-0.2, 0) is 4.74 Å². The fourth-order valence-corrected chi connectivity index (χ4v) is 3.53. The van der Waals surface area contributed by atoms with Crippen molar-refractivity contribution in [2.45, 2.75) is 43.7 Å². The molecule has 1 aromatic heterocycles. The van der Waals surface area contributed by atoms with Crippen LogP contribution in [0.5, 0.6) is 0 Å². The molecule has 4 heteroatoms.